The van der Waals surface area contributed by atoms with E-state index in [0.717, 1.165) is 6.07 Å². The van der Waals surface area contributed by atoms with Crippen LogP contribution in [0.4, 0.5) is 4.39 Å². The molecule has 0 aliphatic rings. The van der Waals surface area contributed by atoms with Crippen LogP contribution in [0.25, 0.3) is 0 Å². The molecule has 2 nitrogen and oxygen atoms in total. The summed E-state index contributed by atoms with van der Waals surface area (Å²) in [6.07, 6.45) is 0. The summed E-state index contributed by atoms with van der Waals surface area (Å²) in [5.41, 5.74) is 0.423. The molecule has 0 heterocycles. The fraction of sp³-hybridized carbons (Fsp3) is 0.200. The molecule has 0 bridgehead atoms. The first-order valence-corrected chi connectivity index (χ1v) is 4.29. The van der Waals surface area contributed by atoms with Gasteiger partial charge in [-0.15, -0.1) is 0 Å². The topological polar surface area (TPSA) is 40.9 Å². The number of ketones is 1. The second-order valence-electron chi connectivity index (χ2n) is 2.85. The van der Waals surface area contributed by atoms with E-state index in [-0.39, 0.29) is 10.8 Å². The van der Waals surface area contributed by atoms with Gasteiger partial charge in [-0.1, -0.05) is 17.7 Å². The average Bonchev–Trinajstić information content (AvgIpc) is 2.11. The highest BCUT2D eigenvalue weighted by Crippen LogP contribution is 2.22. The second kappa shape index (κ2) is 4.21. The number of carbonyl (C=O) groups is 1. The molecule has 0 fully saturated rings. The van der Waals surface area contributed by atoms with E-state index in [1.807, 2.05) is 6.07 Å². The summed E-state index contributed by atoms with van der Waals surface area (Å²) in [6, 6.07) is 5.66. The number of benzene rings is 1. The monoisotopic (exact) mass is 211 g/mol. The van der Waals surface area contributed by atoms with E-state index in [2.05, 4.69) is 0 Å². The first kappa shape index (κ1) is 10.7. The molecular weight excluding hydrogens is 205 g/mol. The number of nitriles is 1. The lowest BCUT2D eigenvalue weighted by atomic mass is 9.97. The normalized spacial score (nSPS) is 11.9. The van der Waals surface area contributed by atoms with Crippen molar-refractivity contribution in [1.82, 2.24) is 0 Å². The lowest BCUT2D eigenvalue weighted by Gasteiger charge is -2.05. The van der Waals surface area contributed by atoms with Gasteiger partial charge in [-0.05, 0) is 24.6 Å². The molecule has 1 atom stereocenters. The van der Waals surface area contributed by atoms with E-state index in [1.165, 1.54) is 19.1 Å². The van der Waals surface area contributed by atoms with Gasteiger partial charge in [0.1, 0.15) is 11.7 Å². The van der Waals surface area contributed by atoms with Crippen molar-refractivity contribution >= 4 is 17.4 Å². The summed E-state index contributed by atoms with van der Waals surface area (Å²) in [5, 5.41) is 8.62. The smallest absolute Gasteiger partial charge is 0.151 e. The molecular formula is C10H7ClFNO. The summed E-state index contributed by atoms with van der Waals surface area (Å²) in [7, 11) is 0. The molecule has 0 radical (unpaired) electrons. The minimum absolute atomic E-state index is 0.0796. The highest BCUT2D eigenvalue weighted by molar-refractivity contribution is 6.30. The summed E-state index contributed by atoms with van der Waals surface area (Å²) in [5.74, 6) is -1.71. The van der Waals surface area contributed by atoms with Crippen molar-refractivity contribution in [2.45, 2.75) is 12.8 Å². The van der Waals surface area contributed by atoms with Crippen LogP contribution >= 0.6 is 11.6 Å². The van der Waals surface area contributed by atoms with Crippen LogP contribution < -0.4 is 0 Å². The van der Waals surface area contributed by atoms with Crippen molar-refractivity contribution in [3.8, 4) is 6.07 Å². The van der Waals surface area contributed by atoms with E-state index in [4.69, 9.17) is 16.9 Å². The highest BCUT2D eigenvalue weighted by atomic mass is 35.5. The zero-order valence-corrected chi connectivity index (χ0v) is 8.18. The van der Waals surface area contributed by atoms with Gasteiger partial charge in [0, 0.05) is 0 Å². The van der Waals surface area contributed by atoms with Gasteiger partial charge >= 0.3 is 0 Å². The molecule has 4 heteroatoms. The molecule has 0 aliphatic carbocycles. The Balaban J connectivity index is 3.14. The maximum Gasteiger partial charge on any atom is 0.151 e. The standard InChI is InChI=1S/C10H7ClFNO/c1-6(14)8(5-13)7-2-3-10(12)9(11)4-7/h2-4,8H,1H3. The van der Waals surface area contributed by atoms with Crippen molar-refractivity contribution in [2.24, 2.45) is 0 Å². The van der Waals surface area contributed by atoms with E-state index in [9.17, 15) is 9.18 Å². The molecule has 0 aromatic heterocycles. The van der Waals surface area contributed by atoms with Crippen LogP contribution in [0.5, 0.6) is 0 Å². The summed E-state index contributed by atoms with van der Waals surface area (Å²) < 4.78 is 12.8. The molecule has 0 aliphatic heterocycles. The van der Waals surface area contributed by atoms with Gasteiger partial charge < -0.3 is 0 Å². The molecule has 0 spiro atoms. The van der Waals surface area contributed by atoms with E-state index in [0.29, 0.717) is 5.56 Å². The van der Waals surface area contributed by atoms with Gasteiger partial charge in [-0.3, -0.25) is 4.79 Å². The predicted octanol–water partition coefficient (Wildman–Crippen LogP) is 2.68. The molecule has 72 valence electrons. The Morgan fingerprint density at radius 1 is 1.64 bits per heavy atom. The van der Waals surface area contributed by atoms with Crippen molar-refractivity contribution in [3.63, 3.8) is 0 Å². The number of rotatable bonds is 2. The number of nitrogens with zero attached hydrogens (tertiary/aromatic N) is 1. The van der Waals surface area contributed by atoms with Crippen LogP contribution in [0.3, 0.4) is 0 Å². The zero-order valence-electron chi connectivity index (χ0n) is 7.42. The second-order valence-corrected chi connectivity index (χ2v) is 3.25. The lowest BCUT2D eigenvalue weighted by Crippen LogP contribution is -2.06. The molecule has 1 aromatic rings. The fourth-order valence-corrected chi connectivity index (χ4v) is 1.28. The third kappa shape index (κ3) is 2.09. The minimum Gasteiger partial charge on any atom is -0.298 e. The Hall–Kier alpha value is -1.40. The summed E-state index contributed by atoms with van der Waals surface area (Å²) in [4.78, 5) is 11.0. The molecule has 0 N–H and O–H groups in total. The number of hydrogen-bond donors (Lipinski definition) is 0. The van der Waals surface area contributed by atoms with Crippen LogP contribution in [-0.4, -0.2) is 5.78 Å². The van der Waals surface area contributed by atoms with Gasteiger partial charge in [-0.2, -0.15) is 5.26 Å². The minimum atomic E-state index is -0.868. The quantitative estimate of drug-likeness (QED) is 0.755. The first-order valence-electron chi connectivity index (χ1n) is 3.91. The first-order chi connectivity index (χ1) is 6.56. The van der Waals surface area contributed by atoms with E-state index < -0.39 is 11.7 Å². The Kier molecular flexibility index (Phi) is 3.21. The van der Waals surface area contributed by atoms with Crippen molar-refractivity contribution < 1.29 is 9.18 Å². The maximum absolute atomic E-state index is 12.8. The Labute approximate surface area is 85.9 Å². The Morgan fingerprint density at radius 2 is 2.29 bits per heavy atom. The average molecular weight is 212 g/mol. The van der Waals surface area contributed by atoms with Crippen LogP contribution in [-0.2, 0) is 4.79 Å². The number of carbonyl (C=O) groups excluding carboxylic acids is 1. The van der Waals surface area contributed by atoms with E-state index >= 15 is 0 Å². The molecule has 0 amide bonds. The predicted molar refractivity (Wildman–Crippen MR) is 50.4 cm³/mol. The molecule has 1 aromatic carbocycles. The van der Waals surface area contributed by atoms with Gasteiger partial charge in [-0.25, -0.2) is 4.39 Å². The maximum atomic E-state index is 12.8. The molecule has 0 saturated carbocycles. The van der Waals surface area contributed by atoms with Crippen molar-refractivity contribution in [2.75, 3.05) is 0 Å². The third-order valence-electron chi connectivity index (χ3n) is 1.81. The summed E-state index contributed by atoms with van der Waals surface area (Å²) in [6.45, 7) is 1.31. The zero-order chi connectivity index (χ0) is 10.7. The number of Topliss-reactive ketones (excluding diaryl/α,β-unsaturated/α-hetero) is 1. The summed E-state index contributed by atoms with van der Waals surface area (Å²) >= 11 is 5.52. The molecule has 14 heavy (non-hydrogen) atoms. The molecule has 0 saturated heterocycles. The van der Waals surface area contributed by atoms with Crippen LogP contribution in [0, 0.1) is 17.1 Å². The molecule has 1 rings (SSSR count). The SMILES string of the molecule is CC(=O)C(C#N)c1ccc(F)c(Cl)c1. The van der Waals surface area contributed by atoms with Crippen LogP contribution in [0.15, 0.2) is 18.2 Å². The Morgan fingerprint density at radius 3 is 2.71 bits per heavy atom. The third-order valence-corrected chi connectivity index (χ3v) is 2.10. The van der Waals surface area contributed by atoms with E-state index in [1.54, 1.807) is 0 Å². The molecule has 1 unspecified atom stereocenters. The van der Waals surface area contributed by atoms with Gasteiger partial charge in [0.25, 0.3) is 0 Å². The van der Waals surface area contributed by atoms with Gasteiger partial charge in [0.2, 0.25) is 0 Å². The van der Waals surface area contributed by atoms with Crippen LogP contribution in [0.1, 0.15) is 18.4 Å². The largest absolute Gasteiger partial charge is 0.298 e. The highest BCUT2D eigenvalue weighted by Gasteiger charge is 2.16. The fourth-order valence-electron chi connectivity index (χ4n) is 1.09. The van der Waals surface area contributed by atoms with Crippen LogP contribution in [0.2, 0.25) is 5.02 Å². The van der Waals surface area contributed by atoms with Crippen molar-refractivity contribution in [3.05, 3.63) is 34.6 Å². The number of hydrogen-bond acceptors (Lipinski definition) is 2. The van der Waals surface area contributed by atoms with Gasteiger partial charge in [0.05, 0.1) is 11.1 Å². The lowest BCUT2D eigenvalue weighted by molar-refractivity contribution is -0.117. The Bertz CT molecular complexity index is 411. The number of halogens is 2. The van der Waals surface area contributed by atoms with Crippen molar-refractivity contribution in [1.29, 1.82) is 5.26 Å². The van der Waals surface area contributed by atoms with Gasteiger partial charge in [0.15, 0.2) is 5.78 Å².